The van der Waals surface area contributed by atoms with Crippen molar-refractivity contribution in [3.63, 3.8) is 0 Å². The number of ether oxygens (including phenoxy) is 1. The summed E-state index contributed by atoms with van der Waals surface area (Å²) in [6, 6.07) is 6.00. The van der Waals surface area contributed by atoms with Gasteiger partial charge in [-0.1, -0.05) is 19.1 Å². The summed E-state index contributed by atoms with van der Waals surface area (Å²) in [5.74, 6) is 1.84. The van der Waals surface area contributed by atoms with Crippen LogP contribution >= 0.6 is 0 Å². The Balaban J connectivity index is 2.22. The van der Waals surface area contributed by atoms with Crippen LogP contribution in [0.4, 0.5) is 0 Å². The van der Waals surface area contributed by atoms with Gasteiger partial charge in [-0.15, -0.1) is 0 Å². The van der Waals surface area contributed by atoms with Gasteiger partial charge in [-0.05, 0) is 29.9 Å². The van der Waals surface area contributed by atoms with Crippen LogP contribution in [0.5, 0.6) is 5.75 Å². The minimum absolute atomic E-state index is 0.295. The van der Waals surface area contributed by atoms with E-state index >= 15 is 0 Å². The number of aliphatic hydroxyl groups excluding tert-OH is 1. The minimum atomic E-state index is -0.295. The summed E-state index contributed by atoms with van der Waals surface area (Å²) in [6.45, 7) is 2.92. The van der Waals surface area contributed by atoms with E-state index < -0.39 is 0 Å². The van der Waals surface area contributed by atoms with Crippen LogP contribution in [0.3, 0.4) is 0 Å². The molecular formula is C12H14O2. The molecule has 2 heteroatoms. The molecule has 74 valence electrons. The lowest BCUT2D eigenvalue weighted by molar-refractivity contribution is 0.113. The van der Waals surface area contributed by atoms with Gasteiger partial charge in [0.25, 0.3) is 0 Å². The molecule has 0 radical (unpaired) electrons. The van der Waals surface area contributed by atoms with Gasteiger partial charge < -0.3 is 9.84 Å². The molecule has 1 aromatic carbocycles. The predicted octanol–water partition coefficient (Wildman–Crippen LogP) is 2.24. The standard InChI is InChI=1S/C12H14O2/c1-7-8-5-6-14-10-4-2-3-9(11(8)10)12(7)13/h2-4,7-8,12-13H,5-6H2,1H3. The van der Waals surface area contributed by atoms with Gasteiger partial charge >= 0.3 is 0 Å². The van der Waals surface area contributed by atoms with Gasteiger partial charge in [0.1, 0.15) is 5.75 Å². The highest BCUT2D eigenvalue weighted by Crippen LogP contribution is 2.51. The molecule has 0 saturated heterocycles. The van der Waals surface area contributed by atoms with Crippen molar-refractivity contribution in [1.29, 1.82) is 0 Å². The second-order valence-corrected chi connectivity index (χ2v) is 4.31. The summed E-state index contributed by atoms with van der Waals surface area (Å²) in [4.78, 5) is 0. The van der Waals surface area contributed by atoms with Crippen molar-refractivity contribution < 1.29 is 9.84 Å². The lowest BCUT2D eigenvalue weighted by Crippen LogP contribution is -2.16. The van der Waals surface area contributed by atoms with Crippen molar-refractivity contribution in [1.82, 2.24) is 0 Å². The van der Waals surface area contributed by atoms with E-state index in [-0.39, 0.29) is 6.10 Å². The van der Waals surface area contributed by atoms with Gasteiger partial charge in [-0.25, -0.2) is 0 Å². The third-order valence-electron chi connectivity index (χ3n) is 3.61. The average Bonchev–Trinajstić information content (AvgIpc) is 2.47. The largest absolute Gasteiger partial charge is 0.493 e. The Morgan fingerprint density at radius 3 is 3.14 bits per heavy atom. The molecule has 2 aliphatic rings. The molecule has 0 amide bonds. The van der Waals surface area contributed by atoms with Crippen molar-refractivity contribution in [3.8, 4) is 5.75 Å². The van der Waals surface area contributed by atoms with Crippen LogP contribution in [0, 0.1) is 5.92 Å². The minimum Gasteiger partial charge on any atom is -0.493 e. The van der Waals surface area contributed by atoms with Crippen LogP contribution in [-0.2, 0) is 0 Å². The molecule has 1 aliphatic heterocycles. The van der Waals surface area contributed by atoms with E-state index in [4.69, 9.17) is 4.74 Å². The summed E-state index contributed by atoms with van der Waals surface area (Å²) in [6.07, 6.45) is 0.749. The van der Waals surface area contributed by atoms with E-state index in [0.717, 1.165) is 24.3 Å². The highest BCUT2D eigenvalue weighted by molar-refractivity contribution is 5.49. The van der Waals surface area contributed by atoms with Crippen molar-refractivity contribution in [2.75, 3.05) is 6.61 Å². The zero-order chi connectivity index (χ0) is 9.71. The lowest BCUT2D eigenvalue weighted by atomic mass is 9.89. The van der Waals surface area contributed by atoms with Gasteiger partial charge in [-0.2, -0.15) is 0 Å². The van der Waals surface area contributed by atoms with Crippen molar-refractivity contribution in [3.05, 3.63) is 29.3 Å². The first-order chi connectivity index (χ1) is 6.79. The van der Waals surface area contributed by atoms with Gasteiger partial charge in [0.15, 0.2) is 0 Å². The second-order valence-electron chi connectivity index (χ2n) is 4.31. The summed E-state index contributed by atoms with van der Waals surface area (Å²) in [5, 5.41) is 10.0. The number of aliphatic hydroxyl groups is 1. The third kappa shape index (κ3) is 0.894. The Labute approximate surface area is 83.5 Å². The first kappa shape index (κ1) is 8.30. The normalized spacial score (nSPS) is 33.7. The van der Waals surface area contributed by atoms with Crippen molar-refractivity contribution in [2.45, 2.75) is 25.4 Å². The van der Waals surface area contributed by atoms with Crippen LogP contribution in [0.25, 0.3) is 0 Å². The Morgan fingerprint density at radius 2 is 2.29 bits per heavy atom. The fourth-order valence-electron chi connectivity index (χ4n) is 2.81. The molecule has 0 saturated carbocycles. The van der Waals surface area contributed by atoms with Gasteiger partial charge in [0.05, 0.1) is 12.7 Å². The number of hydrogen-bond donors (Lipinski definition) is 1. The summed E-state index contributed by atoms with van der Waals surface area (Å²) in [7, 11) is 0. The molecule has 3 atom stereocenters. The van der Waals surface area contributed by atoms with E-state index in [9.17, 15) is 5.11 Å². The lowest BCUT2D eigenvalue weighted by Gasteiger charge is -2.24. The molecule has 1 aromatic rings. The Hall–Kier alpha value is -1.02. The van der Waals surface area contributed by atoms with Crippen LogP contribution in [0.1, 0.15) is 36.5 Å². The Kier molecular flexibility index (Phi) is 1.62. The molecule has 1 aliphatic carbocycles. The number of hydrogen-bond acceptors (Lipinski definition) is 2. The second kappa shape index (κ2) is 2.74. The maximum absolute atomic E-state index is 10.0. The summed E-state index contributed by atoms with van der Waals surface area (Å²) >= 11 is 0. The van der Waals surface area contributed by atoms with Crippen molar-refractivity contribution >= 4 is 0 Å². The summed E-state index contributed by atoms with van der Waals surface area (Å²) in [5.41, 5.74) is 2.35. The van der Waals surface area contributed by atoms with Crippen LogP contribution in [0.15, 0.2) is 18.2 Å². The van der Waals surface area contributed by atoms with Gasteiger partial charge in [0, 0.05) is 5.56 Å². The number of rotatable bonds is 0. The zero-order valence-corrected chi connectivity index (χ0v) is 8.23. The quantitative estimate of drug-likeness (QED) is 0.679. The molecule has 0 bridgehead atoms. The van der Waals surface area contributed by atoms with E-state index in [1.807, 2.05) is 18.2 Å². The zero-order valence-electron chi connectivity index (χ0n) is 8.23. The molecule has 3 unspecified atom stereocenters. The van der Waals surface area contributed by atoms with Gasteiger partial charge in [-0.3, -0.25) is 0 Å². The molecule has 0 spiro atoms. The molecule has 0 fully saturated rings. The molecule has 14 heavy (non-hydrogen) atoms. The Morgan fingerprint density at radius 1 is 1.43 bits per heavy atom. The SMILES string of the molecule is CC1C(O)c2cccc3c2C1CCO3. The monoisotopic (exact) mass is 190 g/mol. The van der Waals surface area contributed by atoms with Gasteiger partial charge in [0.2, 0.25) is 0 Å². The molecule has 1 N–H and O–H groups in total. The highest BCUT2D eigenvalue weighted by atomic mass is 16.5. The average molecular weight is 190 g/mol. The molecule has 2 nitrogen and oxygen atoms in total. The Bertz CT molecular complexity index is 373. The van der Waals surface area contributed by atoms with E-state index in [1.54, 1.807) is 0 Å². The molecular weight excluding hydrogens is 176 g/mol. The summed E-state index contributed by atoms with van der Waals surface area (Å²) < 4.78 is 5.60. The fraction of sp³-hybridized carbons (Fsp3) is 0.500. The van der Waals surface area contributed by atoms with E-state index in [2.05, 4.69) is 6.92 Å². The van der Waals surface area contributed by atoms with E-state index in [0.29, 0.717) is 11.8 Å². The van der Waals surface area contributed by atoms with Crippen LogP contribution < -0.4 is 4.74 Å². The van der Waals surface area contributed by atoms with Crippen LogP contribution in [0.2, 0.25) is 0 Å². The fourth-order valence-corrected chi connectivity index (χ4v) is 2.81. The predicted molar refractivity (Wildman–Crippen MR) is 53.4 cm³/mol. The topological polar surface area (TPSA) is 29.5 Å². The molecule has 1 heterocycles. The maximum Gasteiger partial charge on any atom is 0.123 e. The first-order valence-electron chi connectivity index (χ1n) is 5.22. The van der Waals surface area contributed by atoms with E-state index in [1.165, 1.54) is 5.56 Å². The molecule has 0 aromatic heterocycles. The highest BCUT2D eigenvalue weighted by Gasteiger charge is 2.40. The van der Waals surface area contributed by atoms with Crippen molar-refractivity contribution in [2.24, 2.45) is 5.92 Å². The first-order valence-corrected chi connectivity index (χ1v) is 5.22. The van der Waals surface area contributed by atoms with Crippen LogP contribution in [-0.4, -0.2) is 11.7 Å². The smallest absolute Gasteiger partial charge is 0.123 e. The third-order valence-corrected chi connectivity index (χ3v) is 3.61. The number of benzene rings is 1. The maximum atomic E-state index is 10.0. The molecule has 3 rings (SSSR count).